The first-order chi connectivity index (χ1) is 19.0. The number of amides is 2. The largest absolute Gasteiger partial charge is 0.491 e. The van der Waals surface area contributed by atoms with Crippen molar-refractivity contribution in [1.82, 2.24) is 15.3 Å². The normalized spacial score (nSPS) is 12.2. The molecule has 8 nitrogen and oxygen atoms in total. The summed E-state index contributed by atoms with van der Waals surface area (Å²) in [5.74, 6) is -1.32. The minimum atomic E-state index is -4.74. The van der Waals surface area contributed by atoms with Gasteiger partial charge in [-0.3, -0.25) is 9.59 Å². The number of halogens is 3. The van der Waals surface area contributed by atoms with Crippen LogP contribution in [0.15, 0.2) is 53.9 Å². The molecule has 0 saturated carbocycles. The molecular formula is C27H25F3N4O4S2. The molecule has 2 aromatic heterocycles. The van der Waals surface area contributed by atoms with Gasteiger partial charge in [-0.05, 0) is 43.2 Å². The molecule has 4 aromatic rings. The van der Waals surface area contributed by atoms with Gasteiger partial charge in [0, 0.05) is 10.9 Å². The Morgan fingerprint density at radius 2 is 1.85 bits per heavy atom. The number of thiazole rings is 2. The Kier molecular flexibility index (Phi) is 9.17. The van der Waals surface area contributed by atoms with Crippen LogP contribution in [-0.4, -0.2) is 46.3 Å². The van der Waals surface area contributed by atoms with Gasteiger partial charge in [-0.25, -0.2) is 9.97 Å². The Bertz CT molecular complexity index is 1490. The van der Waals surface area contributed by atoms with E-state index in [0.717, 1.165) is 15.6 Å². The molecule has 2 heterocycles. The molecule has 0 spiro atoms. The number of aliphatic hydroxyl groups is 1. The minimum absolute atomic E-state index is 0.107. The number of carbonyl (C=O) groups excluding carboxylic acids is 2. The Balaban J connectivity index is 1.52. The zero-order valence-corrected chi connectivity index (χ0v) is 23.0. The lowest BCUT2D eigenvalue weighted by Gasteiger charge is -2.22. The van der Waals surface area contributed by atoms with Crippen molar-refractivity contribution in [2.45, 2.75) is 32.5 Å². The van der Waals surface area contributed by atoms with Gasteiger partial charge < -0.3 is 20.5 Å². The van der Waals surface area contributed by atoms with Gasteiger partial charge in [0.15, 0.2) is 11.2 Å². The third-order valence-corrected chi connectivity index (χ3v) is 7.43. The van der Waals surface area contributed by atoms with Crippen molar-refractivity contribution < 1.29 is 32.6 Å². The minimum Gasteiger partial charge on any atom is -0.491 e. The highest BCUT2D eigenvalue weighted by molar-refractivity contribution is 7.16. The van der Waals surface area contributed by atoms with E-state index in [2.05, 4.69) is 15.3 Å². The highest BCUT2D eigenvalue weighted by atomic mass is 32.1. The molecule has 2 amide bonds. The molecule has 3 N–H and O–H groups in total. The zero-order valence-electron chi connectivity index (χ0n) is 21.4. The van der Waals surface area contributed by atoms with Crippen molar-refractivity contribution in [3.8, 4) is 16.3 Å². The van der Waals surface area contributed by atoms with Gasteiger partial charge in [-0.15, -0.1) is 22.7 Å². The van der Waals surface area contributed by atoms with Crippen molar-refractivity contribution in [1.29, 1.82) is 0 Å². The average molecular weight is 591 g/mol. The molecule has 0 aliphatic heterocycles. The molecule has 0 unspecified atom stereocenters. The highest BCUT2D eigenvalue weighted by Crippen LogP contribution is 2.34. The molecule has 0 saturated heterocycles. The molecule has 210 valence electrons. The maximum atomic E-state index is 13.8. The van der Waals surface area contributed by atoms with E-state index in [0.29, 0.717) is 16.4 Å². The Morgan fingerprint density at radius 1 is 1.10 bits per heavy atom. The van der Waals surface area contributed by atoms with Crippen LogP contribution in [-0.2, 0) is 11.2 Å². The third-order valence-electron chi connectivity index (χ3n) is 5.58. The van der Waals surface area contributed by atoms with Gasteiger partial charge in [0.2, 0.25) is 5.91 Å². The number of rotatable bonds is 10. The summed E-state index contributed by atoms with van der Waals surface area (Å²) in [6.45, 7) is 3.35. The number of aromatic nitrogens is 2. The second-order valence-corrected chi connectivity index (χ2v) is 10.8. The molecule has 40 heavy (non-hydrogen) atoms. The van der Waals surface area contributed by atoms with E-state index in [1.807, 2.05) is 24.5 Å². The number of ether oxygens (including phenoxy) is 1. The van der Waals surface area contributed by atoms with Crippen molar-refractivity contribution in [2.75, 3.05) is 18.5 Å². The van der Waals surface area contributed by atoms with Crippen LogP contribution in [0.1, 0.15) is 38.2 Å². The van der Waals surface area contributed by atoms with Gasteiger partial charge >= 0.3 is 6.18 Å². The first-order valence-electron chi connectivity index (χ1n) is 12.0. The number of carbonyl (C=O) groups is 2. The fourth-order valence-corrected chi connectivity index (χ4v) is 5.58. The van der Waals surface area contributed by atoms with Crippen molar-refractivity contribution in [3.05, 3.63) is 81.3 Å². The van der Waals surface area contributed by atoms with E-state index in [1.165, 1.54) is 65.1 Å². The summed E-state index contributed by atoms with van der Waals surface area (Å²) in [6, 6.07) is 8.86. The molecule has 1 atom stereocenters. The van der Waals surface area contributed by atoms with Crippen LogP contribution >= 0.6 is 22.7 Å². The molecule has 0 aliphatic carbocycles. The number of hydrogen-bond donors (Lipinski definition) is 3. The summed E-state index contributed by atoms with van der Waals surface area (Å²) in [5, 5.41) is 17.0. The molecule has 2 aromatic carbocycles. The van der Waals surface area contributed by atoms with Crippen molar-refractivity contribution in [3.63, 3.8) is 0 Å². The average Bonchev–Trinajstić information content (AvgIpc) is 3.50. The maximum Gasteiger partial charge on any atom is 0.412 e. The van der Waals surface area contributed by atoms with Crippen molar-refractivity contribution >= 4 is 39.6 Å². The third kappa shape index (κ3) is 7.43. The van der Waals surface area contributed by atoms with E-state index < -0.39 is 24.0 Å². The molecule has 4 rings (SSSR count). The summed E-state index contributed by atoms with van der Waals surface area (Å²) >= 11 is 2.74. The number of benzene rings is 2. The fraction of sp³-hybridized carbons (Fsp3) is 0.259. The SMILES string of the molecule is Cc1nc(C)c(-c2csc(NC(=O)Cc3cc(OCCO)cc(C(=O)N[C@H](c4ccccc4)C(F)(F)F)c3)n2)s1. The topological polar surface area (TPSA) is 113 Å². The lowest BCUT2D eigenvalue weighted by molar-refractivity contribution is -0.155. The molecule has 0 fully saturated rings. The number of anilines is 1. The van der Waals surface area contributed by atoms with Gasteiger partial charge in [0.05, 0.1) is 34.3 Å². The quantitative estimate of drug-likeness (QED) is 0.226. The predicted molar refractivity (Wildman–Crippen MR) is 147 cm³/mol. The van der Waals surface area contributed by atoms with Gasteiger partial charge in [-0.1, -0.05) is 30.3 Å². The van der Waals surface area contributed by atoms with Gasteiger partial charge in [0.1, 0.15) is 12.4 Å². The van der Waals surface area contributed by atoms with Crippen LogP contribution in [0, 0.1) is 13.8 Å². The molecule has 0 aliphatic rings. The lowest BCUT2D eigenvalue weighted by Crippen LogP contribution is -2.38. The number of nitrogens with zero attached hydrogens (tertiary/aromatic N) is 2. The highest BCUT2D eigenvalue weighted by Gasteiger charge is 2.42. The second-order valence-electron chi connectivity index (χ2n) is 8.71. The molecule has 0 radical (unpaired) electrons. The monoisotopic (exact) mass is 590 g/mol. The number of aryl methyl sites for hydroxylation is 2. The number of aliphatic hydroxyl groups excluding tert-OH is 1. The zero-order chi connectivity index (χ0) is 28.9. The summed E-state index contributed by atoms with van der Waals surface area (Å²) in [5.41, 5.74) is 1.61. The lowest BCUT2D eigenvalue weighted by atomic mass is 10.0. The summed E-state index contributed by atoms with van der Waals surface area (Å²) in [6.07, 6.45) is -4.95. The molecular weight excluding hydrogens is 565 g/mol. The Morgan fingerprint density at radius 3 is 2.50 bits per heavy atom. The number of nitrogens with one attached hydrogen (secondary N) is 2. The van der Waals surface area contributed by atoms with E-state index in [-0.39, 0.29) is 36.5 Å². The van der Waals surface area contributed by atoms with Crippen LogP contribution in [0.25, 0.3) is 10.6 Å². The van der Waals surface area contributed by atoms with Crippen LogP contribution < -0.4 is 15.4 Å². The van der Waals surface area contributed by atoms with Crippen LogP contribution in [0.4, 0.5) is 18.3 Å². The van der Waals surface area contributed by atoms with Crippen LogP contribution in [0.3, 0.4) is 0 Å². The Labute approximate surface area is 235 Å². The van der Waals surface area contributed by atoms with Crippen molar-refractivity contribution in [2.24, 2.45) is 0 Å². The van der Waals surface area contributed by atoms with Crippen LogP contribution in [0.2, 0.25) is 0 Å². The first kappa shape index (κ1) is 29.2. The maximum absolute atomic E-state index is 13.8. The Hall–Kier alpha value is -3.81. The number of hydrogen-bond acceptors (Lipinski definition) is 8. The van der Waals surface area contributed by atoms with Crippen LogP contribution in [0.5, 0.6) is 5.75 Å². The summed E-state index contributed by atoms with van der Waals surface area (Å²) in [7, 11) is 0. The van der Waals surface area contributed by atoms with E-state index in [4.69, 9.17) is 9.84 Å². The predicted octanol–water partition coefficient (Wildman–Crippen LogP) is 5.47. The summed E-state index contributed by atoms with van der Waals surface area (Å²) < 4.78 is 46.8. The molecule has 0 bridgehead atoms. The first-order valence-corrected chi connectivity index (χ1v) is 13.7. The van der Waals surface area contributed by atoms with Gasteiger partial charge in [0.25, 0.3) is 5.91 Å². The van der Waals surface area contributed by atoms with E-state index in [9.17, 15) is 22.8 Å². The summed E-state index contributed by atoms with van der Waals surface area (Å²) in [4.78, 5) is 35.5. The fourth-order valence-electron chi connectivity index (χ4n) is 3.91. The second kappa shape index (κ2) is 12.6. The smallest absolute Gasteiger partial charge is 0.412 e. The van der Waals surface area contributed by atoms with E-state index >= 15 is 0 Å². The molecule has 13 heteroatoms. The standard InChI is InChI=1S/C27H25F3N4O4S2/c1-15-23(40-16(2)31-15)21-14-39-26(32-21)33-22(36)12-17-10-19(13-20(11-17)38-9-8-35)25(37)34-24(27(28,29)30)18-6-4-3-5-7-18/h3-7,10-11,13-14,24,35H,8-9,12H2,1-2H3,(H,34,37)(H,32,33,36)/t24-/m1/s1. The van der Waals surface area contributed by atoms with E-state index in [1.54, 1.807) is 6.07 Å². The number of alkyl halides is 3. The van der Waals surface area contributed by atoms with Gasteiger partial charge in [-0.2, -0.15) is 13.2 Å².